The van der Waals surface area contributed by atoms with E-state index in [-0.39, 0.29) is 33.9 Å². The minimum atomic E-state index is -4.61. The molecule has 9 rings (SSSR count). The lowest BCUT2D eigenvalue weighted by Crippen LogP contribution is -2.47. The summed E-state index contributed by atoms with van der Waals surface area (Å²) < 4.78 is 62.5. The Bertz CT molecular complexity index is 3040. The summed E-state index contributed by atoms with van der Waals surface area (Å²) in [7, 11) is -4.61. The summed E-state index contributed by atoms with van der Waals surface area (Å²) in [5, 5.41) is 28.5. The molecule has 6 aromatic rings. The molecule has 3 aromatic carbocycles. The molecule has 4 N–H and O–H groups in total. The van der Waals surface area contributed by atoms with E-state index in [4.69, 9.17) is 4.74 Å². The average molecular weight is 994 g/mol. The van der Waals surface area contributed by atoms with E-state index in [1.54, 1.807) is 54.8 Å². The molecule has 368 valence electrons. The fourth-order valence-corrected chi connectivity index (χ4v) is 11.7. The van der Waals surface area contributed by atoms with Crippen molar-refractivity contribution in [3.05, 3.63) is 128 Å². The summed E-state index contributed by atoms with van der Waals surface area (Å²) in [4.78, 5) is 38.4. The summed E-state index contributed by atoms with van der Waals surface area (Å²) in [6.45, 7) is 10.5. The number of carbonyl (C=O) groups is 1. The van der Waals surface area contributed by atoms with Crippen LogP contribution in [0, 0.1) is 21.4 Å². The molecule has 3 aliphatic rings. The minimum absolute atomic E-state index is 0.0103. The number of hydrogen-bond acceptors (Lipinski definition) is 12. The second kappa shape index (κ2) is 19.9. The first-order chi connectivity index (χ1) is 33.4. The quantitative estimate of drug-likeness (QED) is 0.0567. The van der Waals surface area contributed by atoms with Crippen molar-refractivity contribution < 1.29 is 36.8 Å². The number of piperazine rings is 1. The fraction of sp³-hybridized carbons (Fsp3) is 0.385. The van der Waals surface area contributed by atoms with Gasteiger partial charge in [0.05, 0.1) is 27.2 Å². The van der Waals surface area contributed by atoms with Gasteiger partial charge in [-0.2, -0.15) is 0 Å². The van der Waals surface area contributed by atoms with Gasteiger partial charge in [0.2, 0.25) is 0 Å². The van der Waals surface area contributed by atoms with Crippen LogP contribution < -0.4 is 19.7 Å². The molecule has 0 spiro atoms. The first kappa shape index (κ1) is 48.8. The number of nitro groups is 1. The maximum Gasteiger partial charge on any atom is 0.293 e. The van der Waals surface area contributed by atoms with Crippen molar-refractivity contribution in [3.8, 4) is 22.6 Å². The van der Waals surface area contributed by atoms with Crippen LogP contribution in [0.4, 0.5) is 25.8 Å². The number of benzene rings is 3. The van der Waals surface area contributed by atoms with E-state index >= 15 is 0 Å². The Morgan fingerprint density at radius 1 is 0.986 bits per heavy atom. The number of nitrogens with zero attached hydrogens (tertiary/aromatic N) is 4. The summed E-state index contributed by atoms with van der Waals surface area (Å²) in [6.07, 6.45) is 6.49. The number of aromatic amines is 1. The Labute approximate surface area is 410 Å². The highest BCUT2D eigenvalue weighted by molar-refractivity contribution is 7.90. The number of anilines is 2. The number of nitrogens with one attached hydrogen (secondary N) is 3. The molecular formula is C52H57F2N7O7S2. The molecule has 2 fully saturated rings. The van der Waals surface area contributed by atoms with Gasteiger partial charge in [-0.3, -0.25) is 19.8 Å². The van der Waals surface area contributed by atoms with Crippen LogP contribution in [0.2, 0.25) is 0 Å². The fourth-order valence-electron chi connectivity index (χ4n) is 9.72. The summed E-state index contributed by atoms with van der Waals surface area (Å²) in [6, 6.07) is 20.8. The molecule has 1 saturated heterocycles. The monoisotopic (exact) mass is 993 g/mol. The number of alkyl halides is 2. The lowest BCUT2D eigenvalue weighted by atomic mass is 9.73. The highest BCUT2D eigenvalue weighted by Gasteiger charge is 2.32. The number of carbonyl (C=O) groups excluding carboxylic acids is 1. The molecule has 0 unspecified atom stereocenters. The zero-order valence-corrected chi connectivity index (χ0v) is 41.0. The van der Waals surface area contributed by atoms with E-state index in [0.29, 0.717) is 43.9 Å². The first-order valence-electron chi connectivity index (χ1n) is 23.6. The second-order valence-electron chi connectivity index (χ2n) is 19.9. The third-order valence-electron chi connectivity index (χ3n) is 14.0. The Hall–Kier alpha value is -6.21. The third kappa shape index (κ3) is 11.2. The van der Waals surface area contributed by atoms with Crippen LogP contribution in [0.15, 0.2) is 107 Å². The molecule has 0 radical (unpaired) electrons. The topological polar surface area (TPSA) is 183 Å². The summed E-state index contributed by atoms with van der Waals surface area (Å²) in [5.41, 5.74) is 5.18. The number of amides is 1. The van der Waals surface area contributed by atoms with Crippen LogP contribution in [-0.4, -0.2) is 84.1 Å². The number of fused-ring (bicyclic) bond motifs is 1. The van der Waals surface area contributed by atoms with Gasteiger partial charge in [0.25, 0.3) is 28.0 Å². The van der Waals surface area contributed by atoms with Crippen molar-refractivity contribution in [1.82, 2.24) is 19.6 Å². The van der Waals surface area contributed by atoms with Gasteiger partial charge in [0, 0.05) is 79.1 Å². The number of hydrogen-bond donors (Lipinski definition) is 4. The van der Waals surface area contributed by atoms with Gasteiger partial charge in [0.1, 0.15) is 22.8 Å². The van der Waals surface area contributed by atoms with E-state index in [1.165, 1.54) is 52.6 Å². The summed E-state index contributed by atoms with van der Waals surface area (Å²) in [5.74, 6) is -0.376. The van der Waals surface area contributed by atoms with Crippen LogP contribution >= 0.6 is 11.3 Å². The highest BCUT2D eigenvalue weighted by atomic mass is 32.2. The molecule has 3 aromatic heterocycles. The van der Waals surface area contributed by atoms with Crippen LogP contribution in [0.5, 0.6) is 11.5 Å². The van der Waals surface area contributed by atoms with Crippen LogP contribution in [-0.2, 0) is 10.0 Å². The molecule has 1 aliphatic heterocycles. The summed E-state index contributed by atoms with van der Waals surface area (Å²) >= 11 is 1.70. The van der Waals surface area contributed by atoms with Crippen molar-refractivity contribution in [3.63, 3.8) is 0 Å². The van der Waals surface area contributed by atoms with Crippen molar-refractivity contribution in [2.24, 2.45) is 11.3 Å². The van der Waals surface area contributed by atoms with Gasteiger partial charge in [-0.1, -0.05) is 43.7 Å². The smallest absolute Gasteiger partial charge is 0.293 e. The predicted molar refractivity (Wildman–Crippen MR) is 269 cm³/mol. The third-order valence-corrected chi connectivity index (χ3v) is 16.3. The van der Waals surface area contributed by atoms with Gasteiger partial charge in [-0.05, 0) is 128 Å². The van der Waals surface area contributed by atoms with E-state index in [9.17, 15) is 37.2 Å². The molecule has 1 amide bonds. The van der Waals surface area contributed by atoms with Crippen molar-refractivity contribution in [1.29, 1.82) is 0 Å². The zero-order chi connectivity index (χ0) is 49.4. The Kier molecular flexibility index (Phi) is 13.9. The average Bonchev–Trinajstić information content (AvgIpc) is 4.02. The SMILES string of the molecule is CC1(C)CCC(CN2CCN(c3ccc(C(=O)NS(=O)(=O)c4ccc(NC[C@H]5CC[C@](C)(O)CC5)c([N+](=O)[O-])c4)c(Oc4cnc5[nH]ccc5c4)c3)CC2)=C(c2cc(-c3ccc(C(F)F)cc3)cs2)C1. The van der Waals surface area contributed by atoms with Crippen LogP contribution in [0.1, 0.15) is 92.9 Å². The number of nitro benzene ring substituents is 1. The number of aliphatic hydroxyl groups is 1. The number of halogens is 2. The van der Waals surface area contributed by atoms with Crippen molar-refractivity contribution in [2.45, 2.75) is 82.6 Å². The molecular weight excluding hydrogens is 937 g/mol. The van der Waals surface area contributed by atoms with Crippen molar-refractivity contribution in [2.75, 3.05) is 49.5 Å². The number of sulfonamides is 1. The molecule has 1 saturated carbocycles. The molecule has 0 bridgehead atoms. The second-order valence-corrected chi connectivity index (χ2v) is 22.5. The van der Waals surface area contributed by atoms with Gasteiger partial charge in [-0.15, -0.1) is 11.3 Å². The molecule has 0 atom stereocenters. The highest BCUT2D eigenvalue weighted by Crippen LogP contribution is 2.46. The molecule has 18 heteroatoms. The predicted octanol–water partition coefficient (Wildman–Crippen LogP) is 11.2. The maximum absolute atomic E-state index is 14.0. The lowest BCUT2D eigenvalue weighted by Gasteiger charge is -2.39. The Balaban J connectivity index is 0.910. The zero-order valence-electron chi connectivity index (χ0n) is 39.3. The number of aromatic nitrogens is 2. The van der Waals surface area contributed by atoms with Gasteiger partial charge >= 0.3 is 0 Å². The minimum Gasteiger partial charge on any atom is -0.455 e. The number of ether oxygens (including phenoxy) is 1. The van der Waals surface area contributed by atoms with E-state index in [1.807, 2.05) is 6.07 Å². The Morgan fingerprint density at radius 3 is 2.47 bits per heavy atom. The number of H-pyrrole nitrogens is 1. The first-order valence-corrected chi connectivity index (χ1v) is 26.0. The number of allylic oxidation sites excluding steroid dienone is 1. The van der Waals surface area contributed by atoms with E-state index in [2.05, 4.69) is 55.1 Å². The largest absolute Gasteiger partial charge is 0.455 e. The molecule has 2 aliphatic carbocycles. The van der Waals surface area contributed by atoms with Gasteiger partial charge in [0.15, 0.2) is 0 Å². The standard InChI is InChI=1S/C52H57F2N7O7S2/c1-51(2)16-14-37(43(28-51)47-25-38(32-69-47)34-4-6-35(7-5-34)48(53)54)31-59-20-22-60(23-21-59)39-8-10-42(46(26-39)68-40-24-36-15-19-55-49(36)57-30-40)50(62)58-70(66,67)41-9-11-44(45(27-41)61(64)65)56-29-33-12-17-52(3,63)18-13-33/h4-11,15,19,24-27,30,32-33,48,56,63H,12-14,16-18,20-23,28-29,31H2,1-3H3,(H,55,57)(H,58,62)/t33-,52-. The Morgan fingerprint density at radius 2 is 1.74 bits per heavy atom. The van der Waals surface area contributed by atoms with E-state index < -0.39 is 43.5 Å². The van der Waals surface area contributed by atoms with Gasteiger partial charge in [-0.25, -0.2) is 26.9 Å². The molecule has 4 heterocycles. The molecule has 70 heavy (non-hydrogen) atoms. The van der Waals surface area contributed by atoms with Crippen LogP contribution in [0.3, 0.4) is 0 Å². The van der Waals surface area contributed by atoms with E-state index in [0.717, 1.165) is 80.0 Å². The number of pyridine rings is 1. The number of thiophene rings is 1. The lowest BCUT2D eigenvalue weighted by molar-refractivity contribution is -0.384. The number of rotatable bonds is 15. The van der Waals surface area contributed by atoms with Crippen molar-refractivity contribution >= 4 is 60.9 Å². The molecule has 14 nitrogen and oxygen atoms in total. The van der Waals surface area contributed by atoms with Gasteiger partial charge < -0.3 is 25.0 Å². The van der Waals surface area contributed by atoms with Crippen LogP contribution in [0.25, 0.3) is 27.7 Å². The normalized spacial score (nSPS) is 19.9. The maximum atomic E-state index is 14.0.